The number of nitrogens with zero attached hydrogens (tertiary/aromatic N) is 2. The number of hydrogen-bond acceptors (Lipinski definition) is 11. The van der Waals surface area contributed by atoms with Gasteiger partial charge in [0, 0.05) is 17.4 Å². The molecule has 0 aliphatic carbocycles. The van der Waals surface area contributed by atoms with Crippen molar-refractivity contribution in [1.82, 2.24) is 0 Å². The van der Waals surface area contributed by atoms with Crippen LogP contribution in [0.2, 0.25) is 0 Å². The quantitative estimate of drug-likeness (QED) is 0.124. The van der Waals surface area contributed by atoms with Crippen LogP contribution in [0.4, 0.5) is 0 Å². The van der Waals surface area contributed by atoms with Gasteiger partial charge in [-0.3, -0.25) is 9.05 Å². The summed E-state index contributed by atoms with van der Waals surface area (Å²) in [5.41, 5.74) is -1.80. The van der Waals surface area contributed by atoms with Gasteiger partial charge in [0.1, 0.15) is 5.75 Å². The number of rotatable bonds is 13. The second-order valence-corrected chi connectivity index (χ2v) is 15.2. The zero-order valence-electron chi connectivity index (χ0n) is 17.7. The number of hydrogen-bond donors (Lipinski definition) is 0. The fourth-order valence-corrected chi connectivity index (χ4v) is 10.4. The third kappa shape index (κ3) is 10.2. The predicted molar refractivity (Wildman–Crippen MR) is 138 cm³/mol. The third-order valence-corrected chi connectivity index (χ3v) is 11.7. The van der Waals surface area contributed by atoms with E-state index in [1.54, 1.807) is 12.3 Å². The van der Waals surface area contributed by atoms with E-state index in [1.165, 1.54) is 23.1 Å². The van der Waals surface area contributed by atoms with Gasteiger partial charge in [0.25, 0.3) is 5.69 Å². The lowest BCUT2D eigenvalue weighted by molar-refractivity contribution is 0.218. The Balaban J connectivity index is 3.03. The highest BCUT2D eigenvalue weighted by Gasteiger charge is 2.23. The van der Waals surface area contributed by atoms with E-state index in [4.69, 9.17) is 46.2 Å². The molecule has 0 aromatic heterocycles. The van der Waals surface area contributed by atoms with E-state index in [-0.39, 0.29) is 0 Å². The van der Waals surface area contributed by atoms with E-state index < -0.39 is 12.4 Å². The average Bonchev–Trinajstić information content (AvgIpc) is 2.69. The lowest BCUT2D eigenvalue weighted by atomic mass is 10.2. The normalized spacial score (nSPS) is 13.2. The molecule has 0 amide bonds. The fourth-order valence-electron chi connectivity index (χ4n) is 1.93. The summed E-state index contributed by atoms with van der Waals surface area (Å²) in [4.78, 5) is 0. The van der Waals surface area contributed by atoms with Crippen LogP contribution >= 0.6 is 35.6 Å². The van der Waals surface area contributed by atoms with Gasteiger partial charge >= 0.3 is 6.72 Å². The molecule has 0 saturated heterocycles. The first-order valence-corrected chi connectivity index (χ1v) is 17.1. The van der Waals surface area contributed by atoms with Crippen molar-refractivity contribution >= 4 is 69.8 Å². The molecule has 13 heteroatoms. The topological polar surface area (TPSA) is 70.9 Å². The fraction of sp³-hybridized carbons (Fsp3) is 0.529. The summed E-state index contributed by atoms with van der Waals surface area (Å²) >= 11 is 13.7. The van der Waals surface area contributed by atoms with Crippen LogP contribution in [-0.4, -0.2) is 43.3 Å². The highest BCUT2D eigenvalue weighted by atomic mass is 32.9. The van der Waals surface area contributed by atoms with Gasteiger partial charge in [0.05, 0.1) is 32.6 Å². The molecule has 1 rings (SSSR count). The molecule has 0 atom stereocenters. The van der Waals surface area contributed by atoms with E-state index >= 15 is 0 Å². The van der Waals surface area contributed by atoms with Gasteiger partial charge in [-0.05, 0) is 69.3 Å². The van der Waals surface area contributed by atoms with Crippen LogP contribution in [0.15, 0.2) is 34.5 Å². The second-order valence-electron chi connectivity index (χ2n) is 5.10. The maximum atomic E-state index is 5.92. The Hall–Kier alpha value is 0.200. The van der Waals surface area contributed by atoms with Gasteiger partial charge in [-0.15, -0.1) is 16.9 Å². The van der Waals surface area contributed by atoms with Crippen LogP contribution in [-0.2, 0) is 41.7 Å². The minimum Gasteiger partial charge on any atom is -0.423 e. The van der Waals surface area contributed by atoms with Crippen LogP contribution in [0.25, 0.3) is 0 Å². The minimum atomic E-state index is -2.88. The largest absolute Gasteiger partial charge is 0.423 e. The van der Waals surface area contributed by atoms with Gasteiger partial charge in [-0.2, -0.15) is 5.10 Å². The molecular formula is C17H28N2O5P2S4. The smallest absolute Gasteiger partial charge is 0.380 e. The molecule has 0 fully saturated rings. The molecule has 1 aromatic rings. The Kier molecular flexibility index (Phi) is 14.2. The van der Waals surface area contributed by atoms with Crippen LogP contribution in [0.5, 0.6) is 5.75 Å². The maximum Gasteiger partial charge on any atom is 0.380 e. The van der Waals surface area contributed by atoms with Crippen LogP contribution in [0, 0.1) is 0 Å². The van der Waals surface area contributed by atoms with Gasteiger partial charge in [0.15, 0.2) is 4.38 Å². The van der Waals surface area contributed by atoms with E-state index in [0.29, 0.717) is 42.1 Å². The van der Waals surface area contributed by atoms with Gasteiger partial charge in [-0.1, -0.05) is 12.1 Å². The van der Waals surface area contributed by atoms with Gasteiger partial charge < -0.3 is 13.6 Å². The monoisotopic (exact) mass is 530 g/mol. The first kappa shape index (κ1) is 28.2. The molecule has 1 aromatic carbocycles. The summed E-state index contributed by atoms with van der Waals surface area (Å²) in [6.45, 7) is 6.34. The third-order valence-electron chi connectivity index (χ3n) is 2.98. The zero-order valence-corrected chi connectivity index (χ0v) is 22.7. The summed E-state index contributed by atoms with van der Waals surface area (Å²) in [6.07, 6.45) is 3.49. The van der Waals surface area contributed by atoms with E-state index in [0.717, 1.165) is 0 Å². The van der Waals surface area contributed by atoms with Crippen LogP contribution < -0.4 is 4.52 Å². The molecule has 0 N–H and O–H groups in total. The van der Waals surface area contributed by atoms with E-state index in [2.05, 4.69) is 10.2 Å². The highest BCUT2D eigenvalue weighted by Crippen LogP contribution is 2.62. The SMILES string of the molecule is CCOP(=S)(OCC)Oc1ccccc1/C=N/N=C(\SC)SP(=S)(OCC)OCC. The summed E-state index contributed by atoms with van der Waals surface area (Å²) in [6, 6.07) is 7.36. The Morgan fingerprint density at radius 3 is 2.07 bits per heavy atom. The molecule has 0 bridgehead atoms. The maximum absolute atomic E-state index is 5.92. The van der Waals surface area contributed by atoms with Crippen molar-refractivity contribution in [3.05, 3.63) is 29.8 Å². The Morgan fingerprint density at radius 2 is 1.53 bits per heavy atom. The molecule has 30 heavy (non-hydrogen) atoms. The summed E-state index contributed by atoms with van der Waals surface area (Å²) < 4.78 is 29.0. The standard InChI is InChI=1S/C17H28N2O5P2S4/c1-6-20-25(27,21-7-2)24-16-13-11-10-12-15(16)14-18-19-17(29-5)30-26(28,22-8-3)23-9-4/h10-14H,6-9H2,1-5H3/b18-14+,19-17+. The van der Waals surface area contributed by atoms with Crippen molar-refractivity contribution in [2.75, 3.05) is 32.7 Å². The first-order valence-electron chi connectivity index (χ1n) is 9.26. The lowest BCUT2D eigenvalue weighted by Gasteiger charge is -2.21. The Morgan fingerprint density at radius 1 is 0.967 bits per heavy atom. The molecule has 0 heterocycles. The molecule has 0 saturated carbocycles. The zero-order chi connectivity index (χ0) is 22.5. The average molecular weight is 531 g/mol. The summed E-state index contributed by atoms with van der Waals surface area (Å²) in [7, 11) is 0. The van der Waals surface area contributed by atoms with Crippen molar-refractivity contribution in [2.24, 2.45) is 10.2 Å². The molecule has 0 radical (unpaired) electrons. The molecule has 7 nitrogen and oxygen atoms in total. The number of thioether (sulfide) groups is 1. The molecule has 170 valence electrons. The van der Waals surface area contributed by atoms with Gasteiger partial charge in [0.2, 0.25) is 0 Å². The predicted octanol–water partition coefficient (Wildman–Crippen LogP) is 6.45. The lowest BCUT2D eigenvalue weighted by Crippen LogP contribution is -2.03. The summed E-state index contributed by atoms with van der Waals surface area (Å²) in [5, 5.41) is 8.47. The van der Waals surface area contributed by atoms with Crippen molar-refractivity contribution in [3.63, 3.8) is 0 Å². The first-order chi connectivity index (χ1) is 14.3. The van der Waals surface area contributed by atoms with Crippen molar-refractivity contribution in [1.29, 1.82) is 0 Å². The van der Waals surface area contributed by atoms with Crippen LogP contribution in [0.3, 0.4) is 0 Å². The van der Waals surface area contributed by atoms with E-state index in [9.17, 15) is 0 Å². The molecule has 0 aliphatic rings. The van der Waals surface area contributed by atoms with Crippen LogP contribution in [0.1, 0.15) is 33.3 Å². The molecule has 0 spiro atoms. The van der Waals surface area contributed by atoms with Crippen molar-refractivity contribution in [2.45, 2.75) is 27.7 Å². The number of benzene rings is 1. The van der Waals surface area contributed by atoms with Gasteiger partial charge in [-0.25, -0.2) is 0 Å². The Labute approximate surface area is 197 Å². The second kappa shape index (κ2) is 15.1. The highest BCUT2D eigenvalue weighted by molar-refractivity contribution is 8.78. The van der Waals surface area contributed by atoms with E-state index in [1.807, 2.05) is 52.1 Å². The summed E-state index contributed by atoms with van der Waals surface area (Å²) in [5.74, 6) is 0.522. The molecular weight excluding hydrogens is 502 g/mol. The minimum absolute atomic E-state index is 0.401. The van der Waals surface area contributed by atoms with Crippen molar-refractivity contribution < 1.29 is 22.6 Å². The van der Waals surface area contributed by atoms with Crippen molar-refractivity contribution in [3.8, 4) is 5.75 Å². The molecule has 0 unspecified atom stereocenters. The Bertz CT molecular complexity index is 790. The molecule has 0 aliphatic heterocycles. The number of para-hydroxylation sites is 1.